The minimum absolute atomic E-state index is 0.340. The Morgan fingerprint density at radius 1 is 1.25 bits per heavy atom. The normalized spacial score (nSPS) is 40.0. The summed E-state index contributed by atoms with van der Waals surface area (Å²) in [5.74, 6) is -1.37. The molecule has 1 heterocycles. The number of carboxylic acid groups (broad SMARTS) is 1. The van der Waals surface area contributed by atoms with E-state index >= 15 is 0 Å². The van der Waals surface area contributed by atoms with E-state index in [2.05, 4.69) is 4.74 Å². The van der Waals surface area contributed by atoms with Crippen LogP contribution in [0.15, 0.2) is 0 Å². The van der Waals surface area contributed by atoms with Gasteiger partial charge in [0.2, 0.25) is 0 Å². The van der Waals surface area contributed by atoms with Gasteiger partial charge < -0.3 is 29.9 Å². The van der Waals surface area contributed by atoms with Gasteiger partial charge in [0.15, 0.2) is 12.4 Å². The van der Waals surface area contributed by atoms with Crippen LogP contribution in [0.4, 0.5) is 0 Å². The predicted octanol–water partition coefficient (Wildman–Crippen LogP) is -1.70. The number of aliphatic carboxylic acids is 1. The zero-order chi connectivity index (χ0) is 12.5. The first-order valence-corrected chi connectivity index (χ1v) is 4.92. The van der Waals surface area contributed by atoms with Crippen molar-refractivity contribution in [3.8, 4) is 0 Å². The van der Waals surface area contributed by atoms with Crippen LogP contribution in [0.5, 0.6) is 0 Å². The fourth-order valence-corrected chi connectivity index (χ4v) is 1.52. The summed E-state index contributed by atoms with van der Waals surface area (Å²) in [6.07, 6.45) is -7.88. The van der Waals surface area contributed by atoms with Crippen LogP contribution in [0.1, 0.15) is 13.8 Å². The molecule has 1 aliphatic heterocycles. The second kappa shape index (κ2) is 5.07. The molecule has 16 heavy (non-hydrogen) atoms. The van der Waals surface area contributed by atoms with Crippen molar-refractivity contribution in [2.75, 3.05) is 0 Å². The van der Waals surface area contributed by atoms with Crippen LogP contribution in [0.3, 0.4) is 0 Å². The minimum Gasteiger partial charge on any atom is -0.479 e. The van der Waals surface area contributed by atoms with Crippen LogP contribution < -0.4 is 0 Å². The van der Waals surface area contributed by atoms with Crippen molar-refractivity contribution in [1.82, 2.24) is 0 Å². The molecule has 0 bridgehead atoms. The highest BCUT2D eigenvalue weighted by Gasteiger charge is 2.48. The lowest BCUT2D eigenvalue weighted by Gasteiger charge is -2.39. The van der Waals surface area contributed by atoms with Crippen molar-refractivity contribution in [2.24, 2.45) is 0 Å². The number of hydrogen-bond donors (Lipinski definition) is 4. The summed E-state index contributed by atoms with van der Waals surface area (Å²) in [4.78, 5) is 10.8. The van der Waals surface area contributed by atoms with Crippen molar-refractivity contribution < 1.29 is 34.7 Å². The Bertz CT molecular complexity index is 254. The lowest BCUT2D eigenvalue weighted by Crippen LogP contribution is -2.61. The van der Waals surface area contributed by atoms with Crippen LogP contribution in [0.2, 0.25) is 0 Å². The van der Waals surface area contributed by atoms with Gasteiger partial charge in [-0.15, -0.1) is 0 Å². The standard InChI is InChI=1S/C9H16O7/c1-3(2)15-6-4(10)5(11)9(14)16-7(6)8(12)13/h3-7,9-11,14H,1-2H3,(H,12,13)/t4-,5+,6+,7?,9?/m1/s1. The SMILES string of the molecule is CC(C)O[C@@H]1C(C(=O)O)OC(O)[C@@H](O)[C@H]1O. The zero-order valence-electron chi connectivity index (χ0n) is 8.98. The predicted molar refractivity (Wildman–Crippen MR) is 50.5 cm³/mol. The quantitative estimate of drug-likeness (QED) is 0.461. The lowest BCUT2D eigenvalue weighted by molar-refractivity contribution is -0.291. The van der Waals surface area contributed by atoms with Crippen molar-refractivity contribution in [3.05, 3.63) is 0 Å². The third-order valence-corrected chi connectivity index (χ3v) is 2.24. The van der Waals surface area contributed by atoms with Gasteiger partial charge >= 0.3 is 5.97 Å². The Labute approximate surface area is 92.2 Å². The number of aliphatic hydroxyl groups is 3. The van der Waals surface area contributed by atoms with Gasteiger partial charge in [-0.05, 0) is 13.8 Å². The summed E-state index contributed by atoms with van der Waals surface area (Å²) in [5, 5.41) is 36.9. The van der Waals surface area contributed by atoms with Crippen LogP contribution in [0, 0.1) is 0 Å². The van der Waals surface area contributed by atoms with E-state index in [9.17, 15) is 15.0 Å². The summed E-state index contributed by atoms with van der Waals surface area (Å²) in [6, 6.07) is 0. The molecule has 2 unspecified atom stereocenters. The van der Waals surface area contributed by atoms with Crippen LogP contribution in [-0.2, 0) is 14.3 Å². The Hall–Kier alpha value is -0.730. The molecule has 0 radical (unpaired) electrons. The van der Waals surface area contributed by atoms with Gasteiger partial charge in [0.1, 0.15) is 18.3 Å². The molecule has 5 atom stereocenters. The minimum atomic E-state index is -1.73. The molecule has 4 N–H and O–H groups in total. The van der Waals surface area contributed by atoms with Gasteiger partial charge in [0, 0.05) is 0 Å². The number of aliphatic hydroxyl groups excluding tert-OH is 3. The summed E-state index contributed by atoms with van der Waals surface area (Å²) < 4.78 is 9.83. The van der Waals surface area contributed by atoms with Crippen LogP contribution in [0.25, 0.3) is 0 Å². The van der Waals surface area contributed by atoms with Crippen molar-refractivity contribution in [1.29, 1.82) is 0 Å². The maximum atomic E-state index is 10.8. The lowest BCUT2D eigenvalue weighted by atomic mass is 9.98. The number of rotatable bonds is 3. The summed E-state index contributed by atoms with van der Waals surface area (Å²) >= 11 is 0. The fraction of sp³-hybridized carbons (Fsp3) is 0.889. The van der Waals surface area contributed by atoms with E-state index in [0.29, 0.717) is 0 Å². The maximum absolute atomic E-state index is 10.8. The summed E-state index contributed by atoms with van der Waals surface area (Å²) in [6.45, 7) is 3.31. The third-order valence-electron chi connectivity index (χ3n) is 2.24. The molecule has 7 heteroatoms. The van der Waals surface area contributed by atoms with Gasteiger partial charge in [-0.25, -0.2) is 4.79 Å². The maximum Gasteiger partial charge on any atom is 0.335 e. The van der Waals surface area contributed by atoms with E-state index in [1.165, 1.54) is 0 Å². The first-order chi connectivity index (χ1) is 7.34. The summed E-state index contributed by atoms with van der Waals surface area (Å²) in [7, 11) is 0. The van der Waals surface area contributed by atoms with E-state index in [1.807, 2.05) is 0 Å². The highest BCUT2D eigenvalue weighted by atomic mass is 16.7. The Morgan fingerprint density at radius 3 is 2.25 bits per heavy atom. The smallest absolute Gasteiger partial charge is 0.335 e. The molecule has 1 aliphatic rings. The Kier molecular flexibility index (Phi) is 4.22. The Balaban J connectivity index is 2.84. The molecule has 0 saturated carbocycles. The molecule has 1 rings (SSSR count). The van der Waals surface area contributed by atoms with Crippen molar-refractivity contribution >= 4 is 5.97 Å². The Morgan fingerprint density at radius 2 is 1.81 bits per heavy atom. The van der Waals surface area contributed by atoms with E-state index in [1.54, 1.807) is 13.8 Å². The van der Waals surface area contributed by atoms with E-state index < -0.39 is 36.7 Å². The van der Waals surface area contributed by atoms with Crippen LogP contribution >= 0.6 is 0 Å². The molecule has 7 nitrogen and oxygen atoms in total. The topological polar surface area (TPSA) is 116 Å². The molecular weight excluding hydrogens is 220 g/mol. The van der Waals surface area contributed by atoms with Crippen molar-refractivity contribution in [3.63, 3.8) is 0 Å². The van der Waals surface area contributed by atoms with E-state index in [-0.39, 0.29) is 6.10 Å². The number of hydrogen-bond acceptors (Lipinski definition) is 6. The molecule has 0 amide bonds. The van der Waals surface area contributed by atoms with Gasteiger partial charge in [-0.2, -0.15) is 0 Å². The highest BCUT2D eigenvalue weighted by molar-refractivity contribution is 5.73. The molecule has 0 aromatic heterocycles. The third kappa shape index (κ3) is 2.69. The molecular formula is C9H16O7. The fourth-order valence-electron chi connectivity index (χ4n) is 1.52. The number of carboxylic acids is 1. The largest absolute Gasteiger partial charge is 0.479 e. The number of carbonyl (C=O) groups is 1. The van der Waals surface area contributed by atoms with Crippen molar-refractivity contribution in [2.45, 2.75) is 50.7 Å². The molecule has 0 aromatic rings. The average molecular weight is 236 g/mol. The van der Waals surface area contributed by atoms with Gasteiger partial charge in [0.05, 0.1) is 6.10 Å². The molecule has 1 saturated heterocycles. The van der Waals surface area contributed by atoms with Gasteiger partial charge in [0.25, 0.3) is 0 Å². The molecule has 0 spiro atoms. The van der Waals surface area contributed by atoms with Crippen LogP contribution in [-0.4, -0.2) is 63.2 Å². The van der Waals surface area contributed by atoms with E-state index in [4.69, 9.17) is 14.9 Å². The second-order valence-electron chi connectivity index (χ2n) is 3.92. The molecule has 0 aromatic carbocycles. The molecule has 1 fully saturated rings. The number of ether oxygens (including phenoxy) is 2. The van der Waals surface area contributed by atoms with Gasteiger partial charge in [-0.1, -0.05) is 0 Å². The summed E-state index contributed by atoms with van der Waals surface area (Å²) in [5.41, 5.74) is 0. The average Bonchev–Trinajstić information content (AvgIpc) is 2.17. The monoisotopic (exact) mass is 236 g/mol. The molecule has 94 valence electrons. The highest BCUT2D eigenvalue weighted by Crippen LogP contribution is 2.23. The van der Waals surface area contributed by atoms with Gasteiger partial charge in [-0.3, -0.25) is 0 Å². The molecule has 0 aliphatic carbocycles. The second-order valence-corrected chi connectivity index (χ2v) is 3.92. The first kappa shape index (κ1) is 13.3. The zero-order valence-corrected chi connectivity index (χ0v) is 8.98. The van der Waals surface area contributed by atoms with E-state index in [0.717, 1.165) is 0 Å². The first-order valence-electron chi connectivity index (χ1n) is 4.92.